The molecule has 3 nitrogen and oxygen atoms in total. The van der Waals surface area contributed by atoms with E-state index in [1.165, 1.54) is 24.8 Å². The predicted octanol–water partition coefficient (Wildman–Crippen LogP) is 2.87. The number of nitrogens with two attached hydrogens (primary N) is 1. The molecule has 3 unspecified atom stereocenters. The maximum Gasteiger partial charge on any atom is 0.0947 e. The molecule has 102 valence electrons. The molecule has 18 heavy (non-hydrogen) atoms. The minimum absolute atomic E-state index is 0.170. The minimum Gasteiger partial charge on any atom is -0.472 e. The van der Waals surface area contributed by atoms with Gasteiger partial charge in [-0.05, 0) is 44.2 Å². The Labute approximate surface area is 110 Å². The van der Waals surface area contributed by atoms with Crippen LogP contribution in [0, 0.1) is 11.8 Å². The Morgan fingerprint density at radius 3 is 2.78 bits per heavy atom. The number of hydrogen-bond acceptors (Lipinski definition) is 3. The van der Waals surface area contributed by atoms with Gasteiger partial charge in [0, 0.05) is 24.2 Å². The van der Waals surface area contributed by atoms with E-state index in [9.17, 15) is 0 Å². The molecule has 2 rings (SSSR count). The fourth-order valence-electron chi connectivity index (χ4n) is 3.20. The van der Waals surface area contributed by atoms with Gasteiger partial charge < -0.3 is 10.2 Å². The number of nitrogens with zero attached hydrogens (tertiary/aromatic N) is 1. The molecule has 1 aliphatic carbocycles. The van der Waals surface area contributed by atoms with Crippen molar-refractivity contribution in [2.45, 2.75) is 45.2 Å². The highest BCUT2D eigenvalue weighted by Crippen LogP contribution is 2.39. The highest BCUT2D eigenvalue weighted by Gasteiger charge is 2.39. The molecule has 0 radical (unpaired) electrons. The summed E-state index contributed by atoms with van der Waals surface area (Å²) >= 11 is 0. The van der Waals surface area contributed by atoms with Gasteiger partial charge in [-0.3, -0.25) is 4.90 Å². The number of rotatable bonds is 4. The molecule has 0 amide bonds. The standard InChI is InChI=1S/C15H26N2O/c1-12-4-6-15(11-16,8-13(12)2)17(3)9-14-5-7-18-10-14/h5,7,10,12-13H,4,6,8-9,11,16H2,1-3H3. The maximum absolute atomic E-state index is 6.11. The summed E-state index contributed by atoms with van der Waals surface area (Å²) in [6.07, 6.45) is 7.27. The zero-order valence-corrected chi connectivity index (χ0v) is 11.9. The topological polar surface area (TPSA) is 42.4 Å². The second-order valence-electron chi connectivity index (χ2n) is 6.11. The highest BCUT2D eigenvalue weighted by molar-refractivity contribution is 5.07. The van der Waals surface area contributed by atoms with Gasteiger partial charge >= 0.3 is 0 Å². The monoisotopic (exact) mass is 250 g/mol. The van der Waals surface area contributed by atoms with Crippen LogP contribution in [0.1, 0.15) is 38.7 Å². The highest BCUT2D eigenvalue weighted by atomic mass is 16.3. The van der Waals surface area contributed by atoms with Crippen molar-refractivity contribution in [2.75, 3.05) is 13.6 Å². The van der Waals surface area contributed by atoms with E-state index >= 15 is 0 Å². The van der Waals surface area contributed by atoms with Crippen LogP contribution in [0.3, 0.4) is 0 Å². The third kappa shape index (κ3) is 2.62. The van der Waals surface area contributed by atoms with Crippen LogP contribution in [0.25, 0.3) is 0 Å². The average molecular weight is 250 g/mol. The second-order valence-corrected chi connectivity index (χ2v) is 6.11. The van der Waals surface area contributed by atoms with Crippen molar-refractivity contribution in [1.82, 2.24) is 4.90 Å². The van der Waals surface area contributed by atoms with Gasteiger partial charge in [0.1, 0.15) is 0 Å². The van der Waals surface area contributed by atoms with Gasteiger partial charge in [-0.2, -0.15) is 0 Å². The van der Waals surface area contributed by atoms with E-state index in [0.717, 1.165) is 24.9 Å². The van der Waals surface area contributed by atoms with Gasteiger partial charge in [-0.15, -0.1) is 0 Å². The summed E-state index contributed by atoms with van der Waals surface area (Å²) in [5.41, 5.74) is 7.51. The third-order valence-corrected chi connectivity index (χ3v) is 4.93. The average Bonchev–Trinajstić information content (AvgIpc) is 2.85. The van der Waals surface area contributed by atoms with Gasteiger partial charge in [0.15, 0.2) is 0 Å². The lowest BCUT2D eigenvalue weighted by molar-refractivity contribution is 0.0348. The van der Waals surface area contributed by atoms with Gasteiger partial charge in [-0.1, -0.05) is 13.8 Å². The molecule has 1 fully saturated rings. The summed E-state index contributed by atoms with van der Waals surface area (Å²) in [7, 11) is 2.20. The van der Waals surface area contributed by atoms with Gasteiger partial charge in [0.2, 0.25) is 0 Å². The van der Waals surface area contributed by atoms with Crippen molar-refractivity contribution in [3.8, 4) is 0 Å². The summed E-state index contributed by atoms with van der Waals surface area (Å²) in [6, 6.07) is 2.04. The van der Waals surface area contributed by atoms with Crippen LogP contribution < -0.4 is 5.73 Å². The summed E-state index contributed by atoms with van der Waals surface area (Å²) in [6.45, 7) is 6.40. The molecule has 0 saturated heterocycles. The molecular formula is C15H26N2O. The first kappa shape index (κ1) is 13.6. The van der Waals surface area contributed by atoms with Crippen LogP contribution in [0.2, 0.25) is 0 Å². The van der Waals surface area contributed by atoms with E-state index in [-0.39, 0.29) is 5.54 Å². The van der Waals surface area contributed by atoms with Crippen LogP contribution in [-0.4, -0.2) is 24.0 Å². The molecule has 3 heteroatoms. The fraction of sp³-hybridized carbons (Fsp3) is 0.733. The van der Waals surface area contributed by atoms with E-state index in [4.69, 9.17) is 10.2 Å². The third-order valence-electron chi connectivity index (χ3n) is 4.93. The van der Waals surface area contributed by atoms with Crippen molar-refractivity contribution in [3.63, 3.8) is 0 Å². The summed E-state index contributed by atoms with van der Waals surface area (Å²) in [4.78, 5) is 2.43. The van der Waals surface area contributed by atoms with E-state index < -0.39 is 0 Å². The molecule has 2 N–H and O–H groups in total. The summed E-state index contributed by atoms with van der Waals surface area (Å²) in [5, 5.41) is 0. The number of hydrogen-bond donors (Lipinski definition) is 1. The first-order chi connectivity index (χ1) is 8.57. The van der Waals surface area contributed by atoms with Gasteiger partial charge in [0.05, 0.1) is 12.5 Å². The Morgan fingerprint density at radius 2 is 2.22 bits per heavy atom. The zero-order valence-electron chi connectivity index (χ0n) is 11.9. The molecular weight excluding hydrogens is 224 g/mol. The zero-order chi connectivity index (χ0) is 13.2. The van der Waals surface area contributed by atoms with Crippen LogP contribution in [-0.2, 0) is 6.54 Å². The molecule has 0 aliphatic heterocycles. The molecule has 0 aromatic carbocycles. The van der Waals surface area contributed by atoms with E-state index in [2.05, 4.69) is 25.8 Å². The fourth-order valence-corrected chi connectivity index (χ4v) is 3.20. The van der Waals surface area contributed by atoms with Crippen LogP contribution in [0.4, 0.5) is 0 Å². The van der Waals surface area contributed by atoms with Crippen molar-refractivity contribution in [2.24, 2.45) is 17.6 Å². The van der Waals surface area contributed by atoms with Crippen molar-refractivity contribution >= 4 is 0 Å². The van der Waals surface area contributed by atoms with Crippen molar-refractivity contribution < 1.29 is 4.42 Å². The number of furan rings is 1. The van der Waals surface area contributed by atoms with E-state index in [0.29, 0.717) is 0 Å². The van der Waals surface area contributed by atoms with Crippen LogP contribution in [0.5, 0.6) is 0 Å². The minimum atomic E-state index is 0.170. The van der Waals surface area contributed by atoms with Crippen molar-refractivity contribution in [3.05, 3.63) is 24.2 Å². The van der Waals surface area contributed by atoms with Gasteiger partial charge in [0.25, 0.3) is 0 Å². The molecule has 1 aliphatic rings. The molecule has 1 aromatic heterocycles. The quantitative estimate of drug-likeness (QED) is 0.893. The smallest absolute Gasteiger partial charge is 0.0947 e. The van der Waals surface area contributed by atoms with E-state index in [1.54, 1.807) is 6.26 Å². The molecule has 1 aromatic rings. The largest absolute Gasteiger partial charge is 0.472 e. The first-order valence-corrected chi connectivity index (χ1v) is 7.00. The molecule has 1 heterocycles. The molecule has 0 bridgehead atoms. The molecule has 3 atom stereocenters. The molecule has 0 spiro atoms. The summed E-state index contributed by atoms with van der Waals surface area (Å²) in [5.74, 6) is 1.58. The Balaban J connectivity index is 2.07. The summed E-state index contributed by atoms with van der Waals surface area (Å²) < 4.78 is 5.15. The Kier molecular flexibility index (Phi) is 4.13. The Bertz CT molecular complexity index is 363. The lowest BCUT2D eigenvalue weighted by Gasteiger charge is -2.48. The normalized spacial score (nSPS) is 32.9. The second kappa shape index (κ2) is 5.45. The van der Waals surface area contributed by atoms with Crippen molar-refractivity contribution in [1.29, 1.82) is 0 Å². The van der Waals surface area contributed by atoms with E-state index in [1.807, 2.05) is 12.3 Å². The SMILES string of the molecule is CC1CCC(CN)(N(C)Cc2ccoc2)CC1C. The molecule has 1 saturated carbocycles. The van der Waals surface area contributed by atoms with Crippen LogP contribution >= 0.6 is 0 Å². The Hall–Kier alpha value is -0.800. The number of likely N-dealkylation sites (N-methyl/N-ethyl adjacent to an activating group) is 1. The maximum atomic E-state index is 6.11. The Morgan fingerprint density at radius 1 is 1.44 bits per heavy atom. The lowest BCUT2D eigenvalue weighted by atomic mass is 9.70. The van der Waals surface area contributed by atoms with Crippen LogP contribution in [0.15, 0.2) is 23.0 Å². The predicted molar refractivity (Wildman–Crippen MR) is 74.1 cm³/mol. The lowest BCUT2D eigenvalue weighted by Crippen LogP contribution is -2.55. The van der Waals surface area contributed by atoms with Gasteiger partial charge in [-0.25, -0.2) is 0 Å². The first-order valence-electron chi connectivity index (χ1n) is 7.00.